The lowest BCUT2D eigenvalue weighted by Crippen LogP contribution is -2.34. The van der Waals surface area contributed by atoms with Crippen molar-refractivity contribution in [2.75, 3.05) is 19.8 Å². The zero-order chi connectivity index (χ0) is 47.7. The predicted molar refractivity (Wildman–Crippen MR) is 256 cm³/mol. The number of rotatable bonds is 42. The molecule has 0 spiro atoms. The van der Waals surface area contributed by atoms with Gasteiger partial charge in [-0.3, -0.25) is 23.4 Å². The fourth-order valence-electron chi connectivity index (χ4n) is 7.91. The van der Waals surface area contributed by atoms with E-state index in [0.717, 1.165) is 119 Å². The number of carbonyl (C=O) groups excluding carboxylic acids is 2. The fraction of sp³-hybridized carbons (Fsp3) is 0.784. The van der Waals surface area contributed by atoms with Crippen molar-refractivity contribution in [2.24, 2.45) is 5.73 Å². The summed E-state index contributed by atoms with van der Waals surface area (Å²) in [6, 6.07) is 0.678. The highest BCUT2D eigenvalue weighted by atomic mass is 31.2. The van der Waals surface area contributed by atoms with Crippen molar-refractivity contribution in [1.29, 1.82) is 0 Å². The highest BCUT2D eigenvalue weighted by Crippen LogP contribution is 2.43. The molecule has 0 aromatic carbocycles. The van der Waals surface area contributed by atoms with E-state index in [2.05, 4.69) is 40.7 Å². The second-order valence-electron chi connectivity index (χ2n) is 18.1. The minimum absolute atomic E-state index is 0.143. The molecule has 0 saturated heterocycles. The van der Waals surface area contributed by atoms with Crippen LogP contribution in [0.5, 0.6) is 0 Å². The summed E-state index contributed by atoms with van der Waals surface area (Å²) in [5.41, 5.74) is 9.27. The van der Waals surface area contributed by atoms with E-state index in [1.807, 2.05) is 0 Å². The Labute approximate surface area is 391 Å². The lowest BCUT2D eigenvalue weighted by Gasteiger charge is -2.20. The van der Waals surface area contributed by atoms with Crippen LogP contribution in [0, 0.1) is 20.8 Å². The van der Waals surface area contributed by atoms with Crippen molar-refractivity contribution >= 4 is 25.7 Å². The van der Waals surface area contributed by atoms with E-state index >= 15 is 0 Å². The molecule has 0 radical (unpaired) electrons. The fourth-order valence-corrected chi connectivity index (χ4v) is 8.69. The summed E-state index contributed by atoms with van der Waals surface area (Å²) in [6.45, 7) is 9.21. The Morgan fingerprint density at radius 1 is 0.585 bits per heavy atom. The summed E-state index contributed by atoms with van der Waals surface area (Å²) >= 11 is 0. The number of furan rings is 2. The van der Waals surface area contributed by atoms with Crippen molar-refractivity contribution in [3.63, 3.8) is 0 Å². The molecule has 3 atom stereocenters. The molecule has 14 heteroatoms. The third-order valence-corrected chi connectivity index (χ3v) is 13.2. The minimum atomic E-state index is -4.74. The maximum Gasteiger partial charge on any atom is 0.472 e. The highest BCUT2D eigenvalue weighted by Gasteiger charge is 2.28. The largest absolute Gasteiger partial charge is 0.480 e. The number of nitrogens with two attached hydrogens (primary N) is 1. The van der Waals surface area contributed by atoms with Gasteiger partial charge in [0.2, 0.25) is 0 Å². The van der Waals surface area contributed by atoms with Crippen molar-refractivity contribution in [2.45, 2.75) is 239 Å². The summed E-state index contributed by atoms with van der Waals surface area (Å²) in [5.74, 6) is 2.17. The first-order valence-electron chi connectivity index (χ1n) is 25.4. The second kappa shape index (κ2) is 35.2. The number of unbranched alkanes of at least 4 members (excludes halogenated alkanes) is 20. The Morgan fingerprint density at radius 3 is 1.52 bits per heavy atom. The van der Waals surface area contributed by atoms with Gasteiger partial charge in [0, 0.05) is 38.5 Å². The SMILES string of the molecule is CCCCCc1cc(C)c(CCCCCCCCCCCCC(=O)OC(COC(=O)CCCCCCCCCCc2oc(CCCCC)c(C)c2C)COP(=O)(O)OCC(N)C(=O)O)o1. The number of hydrogen-bond donors (Lipinski definition) is 3. The number of aliphatic carboxylic acids is 1. The van der Waals surface area contributed by atoms with E-state index < -0.39 is 51.1 Å². The number of hydrogen-bond acceptors (Lipinski definition) is 11. The number of esters is 2. The van der Waals surface area contributed by atoms with Crippen LogP contribution in [0.3, 0.4) is 0 Å². The van der Waals surface area contributed by atoms with Gasteiger partial charge >= 0.3 is 25.7 Å². The van der Waals surface area contributed by atoms with Gasteiger partial charge in [0.15, 0.2) is 6.10 Å². The van der Waals surface area contributed by atoms with E-state index in [9.17, 15) is 23.8 Å². The van der Waals surface area contributed by atoms with Crippen LogP contribution >= 0.6 is 7.82 Å². The summed E-state index contributed by atoms with van der Waals surface area (Å²) in [5, 5.41) is 8.94. The number of phosphoric acid groups is 1. The molecule has 0 bridgehead atoms. The van der Waals surface area contributed by atoms with Gasteiger partial charge in [-0.05, 0) is 82.1 Å². The first-order chi connectivity index (χ1) is 31.3. The maximum absolute atomic E-state index is 12.8. The molecule has 0 aliphatic heterocycles. The predicted octanol–water partition coefficient (Wildman–Crippen LogP) is 12.9. The van der Waals surface area contributed by atoms with Crippen LogP contribution in [0.15, 0.2) is 14.9 Å². The number of phosphoric ester groups is 1. The van der Waals surface area contributed by atoms with Gasteiger partial charge in [-0.25, -0.2) is 4.57 Å². The van der Waals surface area contributed by atoms with Crippen molar-refractivity contribution in [3.8, 4) is 0 Å². The number of carbonyl (C=O) groups is 3. The molecule has 2 aromatic heterocycles. The van der Waals surface area contributed by atoms with Crippen LogP contribution in [0.1, 0.15) is 221 Å². The van der Waals surface area contributed by atoms with Crippen LogP contribution in [0.4, 0.5) is 0 Å². The number of carboxylic acid groups (broad SMARTS) is 1. The monoisotopic (exact) mass is 938 g/mol. The van der Waals surface area contributed by atoms with Gasteiger partial charge in [0.25, 0.3) is 0 Å². The van der Waals surface area contributed by atoms with Crippen LogP contribution < -0.4 is 5.73 Å². The van der Waals surface area contributed by atoms with Crippen LogP contribution in [-0.2, 0) is 63.2 Å². The Kier molecular flexibility index (Phi) is 31.5. The molecule has 0 amide bonds. The van der Waals surface area contributed by atoms with Gasteiger partial charge in [0.05, 0.1) is 13.2 Å². The molecule has 2 aromatic rings. The number of carboxylic acids is 1. The lowest BCUT2D eigenvalue weighted by atomic mass is 10.0. The zero-order valence-corrected chi connectivity index (χ0v) is 42.0. The maximum atomic E-state index is 12.8. The Morgan fingerprint density at radius 2 is 1.02 bits per heavy atom. The van der Waals surface area contributed by atoms with E-state index in [1.165, 1.54) is 87.3 Å². The molecule has 2 heterocycles. The van der Waals surface area contributed by atoms with Gasteiger partial charge in [-0.15, -0.1) is 0 Å². The molecule has 0 saturated carbocycles. The summed E-state index contributed by atoms with van der Waals surface area (Å²) < 4.78 is 45.3. The molecule has 0 aliphatic carbocycles. The van der Waals surface area contributed by atoms with Crippen LogP contribution in [0.2, 0.25) is 0 Å². The molecule has 374 valence electrons. The second-order valence-corrected chi connectivity index (χ2v) is 19.5. The van der Waals surface area contributed by atoms with Crippen molar-refractivity contribution in [3.05, 3.63) is 45.8 Å². The summed E-state index contributed by atoms with van der Waals surface area (Å²) in [6.07, 6.45) is 29.5. The molecule has 13 nitrogen and oxygen atoms in total. The molecular formula is C51H88NO12P. The van der Waals surface area contributed by atoms with Crippen molar-refractivity contribution < 1.29 is 56.3 Å². The molecule has 4 N–H and O–H groups in total. The quantitative estimate of drug-likeness (QED) is 0.0323. The van der Waals surface area contributed by atoms with Crippen LogP contribution in [0.25, 0.3) is 0 Å². The third kappa shape index (κ3) is 27.5. The van der Waals surface area contributed by atoms with E-state index in [0.29, 0.717) is 12.8 Å². The third-order valence-electron chi connectivity index (χ3n) is 12.2. The molecule has 0 fully saturated rings. The van der Waals surface area contributed by atoms with E-state index in [-0.39, 0.29) is 19.4 Å². The molecule has 2 rings (SSSR count). The Balaban J connectivity index is 1.61. The number of ether oxygens (including phenoxy) is 2. The molecule has 3 unspecified atom stereocenters. The van der Waals surface area contributed by atoms with Gasteiger partial charge in [-0.1, -0.05) is 129 Å². The Bertz CT molecular complexity index is 1640. The average Bonchev–Trinajstić information content (AvgIpc) is 3.77. The highest BCUT2D eigenvalue weighted by molar-refractivity contribution is 7.47. The smallest absolute Gasteiger partial charge is 0.472 e. The normalized spacial score (nSPS) is 13.5. The van der Waals surface area contributed by atoms with E-state index in [4.69, 9.17) is 38.2 Å². The molecule has 65 heavy (non-hydrogen) atoms. The van der Waals surface area contributed by atoms with Crippen molar-refractivity contribution in [1.82, 2.24) is 0 Å². The van der Waals surface area contributed by atoms with Gasteiger partial charge in [0.1, 0.15) is 35.7 Å². The standard InChI is InChI=1S/C51H88NO12P/c1-6-8-24-30-43-36-40(3)46(62-43)31-26-20-16-12-10-11-13-19-23-29-35-50(54)63-44(38-60-65(57,58)61-39-45(52)51(55)56)37-59-49(53)34-28-22-18-15-14-17-21-27-33-48-42(5)41(4)47(64-48)32-25-9-7-2/h36,44-45H,6-35,37-39,52H2,1-5H3,(H,55,56)(H,57,58). The molecule has 0 aliphatic rings. The summed E-state index contributed by atoms with van der Waals surface area (Å²) in [4.78, 5) is 46.4. The van der Waals surface area contributed by atoms with Crippen LogP contribution in [-0.4, -0.2) is 59.9 Å². The van der Waals surface area contributed by atoms with Gasteiger partial charge < -0.3 is 34.0 Å². The van der Waals surface area contributed by atoms with E-state index in [1.54, 1.807) is 0 Å². The zero-order valence-electron chi connectivity index (χ0n) is 41.1. The number of aryl methyl sites for hydroxylation is 5. The Hall–Kier alpha value is -2.96. The topological polar surface area (TPSA) is 198 Å². The summed E-state index contributed by atoms with van der Waals surface area (Å²) in [7, 11) is -4.74. The molecular weight excluding hydrogens is 850 g/mol. The minimum Gasteiger partial charge on any atom is -0.480 e. The first-order valence-corrected chi connectivity index (χ1v) is 26.9. The first kappa shape index (κ1) is 58.2. The van der Waals surface area contributed by atoms with Gasteiger partial charge in [-0.2, -0.15) is 0 Å². The average molecular weight is 938 g/mol. The lowest BCUT2D eigenvalue weighted by molar-refractivity contribution is -0.161.